The molecule has 0 saturated heterocycles. The zero-order valence-corrected chi connectivity index (χ0v) is 13.0. The molecule has 2 aromatic carbocycles. The maximum Gasteiger partial charge on any atom is 0.295 e. The van der Waals surface area contributed by atoms with Gasteiger partial charge in [0.25, 0.3) is 5.91 Å². The molecule has 8 heteroatoms. The van der Waals surface area contributed by atoms with Crippen molar-refractivity contribution in [2.24, 2.45) is 0 Å². The first-order valence-electron chi connectivity index (χ1n) is 6.92. The van der Waals surface area contributed by atoms with E-state index in [1.54, 1.807) is 12.1 Å². The molecule has 0 atom stereocenters. The summed E-state index contributed by atoms with van der Waals surface area (Å²) >= 11 is 5.66. The van der Waals surface area contributed by atoms with Crippen molar-refractivity contribution < 1.29 is 13.6 Å². The molecule has 0 spiro atoms. The van der Waals surface area contributed by atoms with Gasteiger partial charge in [-0.1, -0.05) is 29.8 Å². The summed E-state index contributed by atoms with van der Waals surface area (Å²) in [7, 11) is 0. The Balaban J connectivity index is 1.73. The van der Waals surface area contributed by atoms with Crippen LogP contribution in [0.15, 0.2) is 48.8 Å². The van der Waals surface area contributed by atoms with Crippen molar-refractivity contribution in [2.45, 2.75) is 6.54 Å². The molecule has 122 valence electrons. The van der Waals surface area contributed by atoms with Gasteiger partial charge >= 0.3 is 0 Å². The lowest BCUT2D eigenvalue weighted by atomic mass is 10.2. The van der Waals surface area contributed by atoms with Crippen LogP contribution in [-0.2, 0) is 6.54 Å². The fraction of sp³-hybridized carbons (Fsp3) is 0.0625. The maximum absolute atomic E-state index is 13.8. The summed E-state index contributed by atoms with van der Waals surface area (Å²) in [5.74, 6) is -1.89. The Hall–Kier alpha value is -2.80. The number of carbonyl (C=O) groups is 1. The molecule has 0 aliphatic heterocycles. The zero-order chi connectivity index (χ0) is 17.1. The molecule has 5 nitrogen and oxygen atoms in total. The molecule has 1 aromatic heterocycles. The van der Waals surface area contributed by atoms with Gasteiger partial charge in [-0.05, 0) is 29.8 Å². The van der Waals surface area contributed by atoms with Crippen LogP contribution in [0, 0.1) is 11.6 Å². The van der Waals surface area contributed by atoms with Gasteiger partial charge in [0, 0.05) is 0 Å². The van der Waals surface area contributed by atoms with Gasteiger partial charge in [-0.15, -0.1) is 5.10 Å². The van der Waals surface area contributed by atoms with E-state index in [1.165, 1.54) is 41.3 Å². The van der Waals surface area contributed by atoms with E-state index in [4.69, 9.17) is 11.6 Å². The number of nitrogens with one attached hydrogen (secondary N) is 1. The number of halogens is 3. The van der Waals surface area contributed by atoms with E-state index < -0.39 is 11.7 Å². The van der Waals surface area contributed by atoms with Crippen LogP contribution in [0.3, 0.4) is 0 Å². The van der Waals surface area contributed by atoms with Crippen molar-refractivity contribution in [2.75, 3.05) is 5.32 Å². The minimum atomic E-state index is -0.730. The smallest absolute Gasteiger partial charge is 0.295 e. The topological polar surface area (TPSA) is 59.8 Å². The van der Waals surface area contributed by atoms with Gasteiger partial charge in [-0.2, -0.15) is 0 Å². The van der Waals surface area contributed by atoms with E-state index in [9.17, 15) is 13.6 Å². The predicted octanol–water partition coefficient (Wildman–Crippen LogP) is 3.51. The third kappa shape index (κ3) is 3.57. The Labute approximate surface area is 140 Å². The maximum atomic E-state index is 13.8. The van der Waals surface area contributed by atoms with Gasteiger partial charge in [0.1, 0.15) is 12.1 Å². The number of carbonyl (C=O) groups excluding carboxylic acids is 1. The second-order valence-corrected chi connectivity index (χ2v) is 5.36. The standard InChI is InChI=1S/C16H11ClF2N4O/c17-12-5-2-6-13(14(12)19)21-16(24)15-20-9-23(22-15)8-10-3-1-4-11(18)7-10/h1-7,9H,8H2,(H,21,24). The highest BCUT2D eigenvalue weighted by molar-refractivity contribution is 6.31. The van der Waals surface area contributed by atoms with Gasteiger partial charge in [0.05, 0.1) is 17.3 Å². The van der Waals surface area contributed by atoms with Crippen LogP contribution in [0.4, 0.5) is 14.5 Å². The Morgan fingerprint density at radius 3 is 2.79 bits per heavy atom. The molecule has 0 radical (unpaired) electrons. The first-order chi connectivity index (χ1) is 11.5. The fourth-order valence-corrected chi connectivity index (χ4v) is 2.25. The molecule has 1 heterocycles. The largest absolute Gasteiger partial charge is 0.317 e. The van der Waals surface area contributed by atoms with Crippen LogP contribution >= 0.6 is 11.6 Å². The molecule has 0 aliphatic carbocycles. The van der Waals surface area contributed by atoms with Crippen LogP contribution in [0.5, 0.6) is 0 Å². The molecule has 1 amide bonds. The molecule has 3 aromatic rings. The second kappa shape index (κ2) is 6.76. The minimum Gasteiger partial charge on any atom is -0.317 e. The first-order valence-corrected chi connectivity index (χ1v) is 7.30. The highest BCUT2D eigenvalue weighted by Crippen LogP contribution is 2.22. The summed E-state index contributed by atoms with van der Waals surface area (Å²) in [6, 6.07) is 10.3. The molecule has 1 N–H and O–H groups in total. The number of benzene rings is 2. The van der Waals surface area contributed by atoms with Crippen LogP contribution < -0.4 is 5.32 Å². The Bertz CT molecular complexity index is 897. The molecular formula is C16H11ClF2N4O. The summed E-state index contributed by atoms with van der Waals surface area (Å²) in [5, 5.41) is 6.26. The van der Waals surface area contributed by atoms with E-state index >= 15 is 0 Å². The number of rotatable bonds is 4. The van der Waals surface area contributed by atoms with Gasteiger partial charge in [0.15, 0.2) is 5.82 Å². The lowest BCUT2D eigenvalue weighted by Gasteiger charge is -2.05. The summed E-state index contributed by atoms with van der Waals surface area (Å²) in [4.78, 5) is 16.0. The van der Waals surface area contributed by atoms with E-state index in [0.717, 1.165) is 0 Å². The molecule has 24 heavy (non-hydrogen) atoms. The number of hydrogen-bond acceptors (Lipinski definition) is 3. The third-order valence-electron chi connectivity index (χ3n) is 3.17. The van der Waals surface area contributed by atoms with Crippen LogP contribution in [0.2, 0.25) is 5.02 Å². The molecule has 0 saturated carbocycles. The molecular weight excluding hydrogens is 338 g/mol. The average molecular weight is 349 g/mol. The summed E-state index contributed by atoms with van der Waals surface area (Å²) in [6.07, 6.45) is 1.34. The first kappa shape index (κ1) is 16.1. The molecule has 0 unspecified atom stereocenters. The van der Waals surface area contributed by atoms with E-state index in [-0.39, 0.29) is 28.9 Å². The molecule has 0 aliphatic rings. The van der Waals surface area contributed by atoms with Crippen LogP contribution in [0.1, 0.15) is 16.2 Å². The SMILES string of the molecule is O=C(Nc1cccc(Cl)c1F)c1ncn(Cc2cccc(F)c2)n1. The van der Waals surface area contributed by atoms with E-state index in [2.05, 4.69) is 15.4 Å². The number of aromatic nitrogens is 3. The second-order valence-electron chi connectivity index (χ2n) is 4.95. The molecule has 3 rings (SSSR count). The summed E-state index contributed by atoms with van der Waals surface area (Å²) in [5.41, 5.74) is 0.613. The summed E-state index contributed by atoms with van der Waals surface area (Å²) < 4.78 is 28.3. The normalized spacial score (nSPS) is 10.6. The van der Waals surface area contributed by atoms with Crippen molar-refractivity contribution in [3.05, 3.63) is 76.8 Å². The third-order valence-corrected chi connectivity index (χ3v) is 3.46. The van der Waals surface area contributed by atoms with E-state index in [1.807, 2.05) is 0 Å². The molecule has 0 fully saturated rings. The van der Waals surface area contributed by atoms with Gasteiger partial charge in [0.2, 0.25) is 5.82 Å². The van der Waals surface area contributed by atoms with E-state index in [0.29, 0.717) is 5.56 Å². The van der Waals surface area contributed by atoms with Crippen molar-refractivity contribution in [1.82, 2.24) is 14.8 Å². The molecule has 0 bridgehead atoms. The summed E-state index contributed by atoms with van der Waals surface area (Å²) in [6.45, 7) is 0.254. The number of hydrogen-bond donors (Lipinski definition) is 1. The number of anilines is 1. The lowest BCUT2D eigenvalue weighted by molar-refractivity contribution is 0.101. The van der Waals surface area contributed by atoms with Crippen LogP contribution in [-0.4, -0.2) is 20.7 Å². The Kier molecular flexibility index (Phi) is 4.52. The average Bonchev–Trinajstić information content (AvgIpc) is 3.00. The van der Waals surface area contributed by atoms with Crippen molar-refractivity contribution >= 4 is 23.2 Å². The van der Waals surface area contributed by atoms with Crippen LogP contribution in [0.25, 0.3) is 0 Å². The van der Waals surface area contributed by atoms with Crippen molar-refractivity contribution in [3.8, 4) is 0 Å². The number of nitrogens with zero attached hydrogens (tertiary/aromatic N) is 3. The Morgan fingerprint density at radius 2 is 2.00 bits per heavy atom. The highest BCUT2D eigenvalue weighted by atomic mass is 35.5. The highest BCUT2D eigenvalue weighted by Gasteiger charge is 2.15. The van der Waals surface area contributed by atoms with Crippen molar-refractivity contribution in [3.63, 3.8) is 0 Å². The van der Waals surface area contributed by atoms with Gasteiger partial charge < -0.3 is 5.32 Å². The number of amides is 1. The lowest BCUT2D eigenvalue weighted by Crippen LogP contribution is -2.15. The quantitative estimate of drug-likeness (QED) is 0.785. The van der Waals surface area contributed by atoms with Crippen molar-refractivity contribution in [1.29, 1.82) is 0 Å². The monoisotopic (exact) mass is 348 g/mol. The van der Waals surface area contributed by atoms with Gasteiger partial charge in [-0.25, -0.2) is 18.4 Å². The zero-order valence-electron chi connectivity index (χ0n) is 12.2. The van der Waals surface area contributed by atoms with Gasteiger partial charge in [-0.3, -0.25) is 4.79 Å². The Morgan fingerprint density at radius 1 is 1.21 bits per heavy atom. The predicted molar refractivity (Wildman–Crippen MR) is 84.9 cm³/mol. The minimum absolute atomic E-state index is 0.0611. The fourth-order valence-electron chi connectivity index (χ4n) is 2.08.